The van der Waals surface area contributed by atoms with Gasteiger partial charge >= 0.3 is 6.18 Å². The van der Waals surface area contributed by atoms with Gasteiger partial charge in [-0.3, -0.25) is 4.79 Å². The van der Waals surface area contributed by atoms with Gasteiger partial charge in [0.15, 0.2) is 5.96 Å². The lowest BCUT2D eigenvalue weighted by Crippen LogP contribution is -2.24. The Kier molecular flexibility index (Phi) is 4.33. The van der Waals surface area contributed by atoms with Crippen LogP contribution >= 0.6 is 0 Å². The van der Waals surface area contributed by atoms with Crippen LogP contribution in [-0.2, 0) is 6.18 Å². The summed E-state index contributed by atoms with van der Waals surface area (Å²) in [5.74, 6) is -1.04. The number of pyridine rings is 1. The summed E-state index contributed by atoms with van der Waals surface area (Å²) in [5, 5.41) is 0.540. The first kappa shape index (κ1) is 17.4. The maximum atomic E-state index is 12.7. The van der Waals surface area contributed by atoms with E-state index in [1.807, 2.05) is 0 Å². The number of aromatic nitrogens is 1. The summed E-state index contributed by atoms with van der Waals surface area (Å²) < 4.78 is 38.2. The van der Waals surface area contributed by atoms with Crippen molar-refractivity contribution in [2.45, 2.75) is 6.18 Å². The number of rotatable bonds is 2. The fraction of sp³-hybridized carbons (Fsp3) is 0.0556. The van der Waals surface area contributed by atoms with Gasteiger partial charge < -0.3 is 11.5 Å². The lowest BCUT2D eigenvalue weighted by atomic mass is 10.0. The number of alkyl halides is 3. The monoisotopic (exact) mass is 358 g/mol. The topological polar surface area (TPSA) is 94.4 Å². The summed E-state index contributed by atoms with van der Waals surface area (Å²) in [6, 6.07) is 12.8. The predicted octanol–water partition coefficient (Wildman–Crippen LogP) is 3.33. The molecule has 3 aromatic rings. The van der Waals surface area contributed by atoms with Crippen molar-refractivity contribution in [2.24, 2.45) is 16.5 Å². The number of fused-ring (bicyclic) bond motifs is 1. The molecule has 0 aliphatic carbocycles. The lowest BCUT2D eigenvalue weighted by Gasteiger charge is -2.10. The normalized spacial score (nSPS) is 11.3. The Bertz CT molecular complexity index is 1010. The third kappa shape index (κ3) is 3.49. The van der Waals surface area contributed by atoms with E-state index in [4.69, 9.17) is 11.5 Å². The van der Waals surface area contributed by atoms with Crippen LogP contribution in [0.15, 0.2) is 59.6 Å². The smallest absolute Gasteiger partial charge is 0.370 e. The molecule has 0 radical (unpaired) electrons. The third-order valence-electron chi connectivity index (χ3n) is 3.69. The van der Waals surface area contributed by atoms with E-state index < -0.39 is 17.6 Å². The van der Waals surface area contributed by atoms with Gasteiger partial charge in [-0.05, 0) is 24.3 Å². The molecule has 132 valence electrons. The molecule has 0 unspecified atom stereocenters. The van der Waals surface area contributed by atoms with Crippen LogP contribution in [0.3, 0.4) is 0 Å². The fourth-order valence-corrected chi connectivity index (χ4v) is 2.51. The number of benzene rings is 2. The van der Waals surface area contributed by atoms with Gasteiger partial charge in [0.1, 0.15) is 0 Å². The summed E-state index contributed by atoms with van der Waals surface area (Å²) in [5.41, 5.74) is 11.2. The van der Waals surface area contributed by atoms with E-state index in [0.29, 0.717) is 22.2 Å². The second-order valence-electron chi connectivity index (χ2n) is 5.49. The van der Waals surface area contributed by atoms with Crippen LogP contribution < -0.4 is 11.5 Å². The highest BCUT2D eigenvalue weighted by atomic mass is 19.4. The van der Waals surface area contributed by atoms with Crippen LogP contribution in [-0.4, -0.2) is 16.9 Å². The van der Waals surface area contributed by atoms with Gasteiger partial charge in [-0.15, -0.1) is 0 Å². The largest absolute Gasteiger partial charge is 0.416 e. The van der Waals surface area contributed by atoms with Gasteiger partial charge in [-0.2, -0.15) is 18.2 Å². The first-order valence-electron chi connectivity index (χ1n) is 7.47. The predicted molar refractivity (Wildman–Crippen MR) is 92.3 cm³/mol. The fourth-order valence-electron chi connectivity index (χ4n) is 2.51. The van der Waals surface area contributed by atoms with E-state index in [2.05, 4.69) is 9.98 Å². The molecule has 4 N–H and O–H groups in total. The van der Waals surface area contributed by atoms with Crippen molar-refractivity contribution < 1.29 is 18.0 Å². The van der Waals surface area contributed by atoms with E-state index >= 15 is 0 Å². The molecule has 0 atom stereocenters. The Labute approximate surface area is 146 Å². The molecule has 26 heavy (non-hydrogen) atoms. The molecule has 0 fully saturated rings. The van der Waals surface area contributed by atoms with Crippen molar-refractivity contribution in [1.82, 2.24) is 4.98 Å². The summed E-state index contributed by atoms with van der Waals surface area (Å²) in [4.78, 5) is 20.3. The number of amides is 1. The molecule has 3 rings (SSSR count). The molecule has 0 spiro atoms. The van der Waals surface area contributed by atoms with Gasteiger partial charge in [-0.1, -0.05) is 30.3 Å². The number of carbonyl (C=O) groups excluding carboxylic acids is 1. The first-order chi connectivity index (χ1) is 12.3. The van der Waals surface area contributed by atoms with Crippen LogP contribution in [0.4, 0.5) is 13.2 Å². The zero-order valence-electron chi connectivity index (χ0n) is 13.3. The molecule has 2 aromatic carbocycles. The molecule has 1 heterocycles. The SMILES string of the molecule is NC(N)=NC(=O)c1cc(-c2ccc(C(F)(F)F)cc2)nc2ccccc12. The standard InChI is InChI=1S/C18H13F3N4O/c19-18(20,21)11-7-5-10(6-8-11)15-9-13(16(26)25-17(22)23)12-3-1-2-4-14(12)24-15/h1-9H,(H4,22,23,25,26). The summed E-state index contributed by atoms with van der Waals surface area (Å²) >= 11 is 0. The van der Waals surface area contributed by atoms with E-state index in [1.54, 1.807) is 24.3 Å². The van der Waals surface area contributed by atoms with Crippen molar-refractivity contribution in [3.63, 3.8) is 0 Å². The highest BCUT2D eigenvalue weighted by molar-refractivity contribution is 6.10. The van der Waals surface area contributed by atoms with Crippen molar-refractivity contribution in [1.29, 1.82) is 0 Å². The highest BCUT2D eigenvalue weighted by Gasteiger charge is 2.30. The Hall–Kier alpha value is -3.42. The molecule has 0 saturated carbocycles. The molecular weight excluding hydrogens is 345 g/mol. The Balaban J connectivity index is 2.15. The molecule has 0 aliphatic rings. The molecule has 0 saturated heterocycles. The van der Waals surface area contributed by atoms with E-state index in [0.717, 1.165) is 12.1 Å². The second-order valence-corrected chi connectivity index (χ2v) is 5.49. The molecule has 1 amide bonds. The van der Waals surface area contributed by atoms with Gasteiger partial charge in [0.2, 0.25) is 0 Å². The number of hydrogen-bond acceptors (Lipinski definition) is 2. The summed E-state index contributed by atoms with van der Waals surface area (Å²) in [7, 11) is 0. The number of halogens is 3. The number of aliphatic imine (C=N–C) groups is 1. The molecule has 0 aliphatic heterocycles. The maximum absolute atomic E-state index is 12.7. The van der Waals surface area contributed by atoms with E-state index in [1.165, 1.54) is 18.2 Å². The van der Waals surface area contributed by atoms with Crippen LogP contribution in [0.1, 0.15) is 15.9 Å². The number of nitrogens with zero attached hydrogens (tertiary/aromatic N) is 2. The molecule has 8 heteroatoms. The Morgan fingerprint density at radius 3 is 2.27 bits per heavy atom. The average Bonchev–Trinajstić information content (AvgIpc) is 2.59. The number of para-hydroxylation sites is 1. The van der Waals surface area contributed by atoms with Crippen LogP contribution in [0.25, 0.3) is 22.2 Å². The zero-order chi connectivity index (χ0) is 18.9. The van der Waals surface area contributed by atoms with Crippen molar-refractivity contribution in [2.75, 3.05) is 0 Å². The second kappa shape index (κ2) is 6.47. The van der Waals surface area contributed by atoms with Gasteiger partial charge in [0.25, 0.3) is 5.91 Å². The minimum absolute atomic E-state index is 0.207. The molecule has 1 aromatic heterocycles. The number of hydrogen-bond donors (Lipinski definition) is 2. The third-order valence-corrected chi connectivity index (χ3v) is 3.69. The van der Waals surface area contributed by atoms with Gasteiger partial charge in [0.05, 0.1) is 22.3 Å². The first-order valence-corrected chi connectivity index (χ1v) is 7.47. The van der Waals surface area contributed by atoms with Crippen LogP contribution in [0.2, 0.25) is 0 Å². The Morgan fingerprint density at radius 1 is 1.00 bits per heavy atom. The minimum Gasteiger partial charge on any atom is -0.370 e. The van der Waals surface area contributed by atoms with E-state index in [9.17, 15) is 18.0 Å². The Morgan fingerprint density at radius 2 is 1.65 bits per heavy atom. The van der Waals surface area contributed by atoms with Crippen molar-refractivity contribution in [3.8, 4) is 11.3 Å². The lowest BCUT2D eigenvalue weighted by molar-refractivity contribution is -0.137. The highest BCUT2D eigenvalue weighted by Crippen LogP contribution is 2.31. The summed E-state index contributed by atoms with van der Waals surface area (Å²) in [6.07, 6.45) is -4.43. The van der Waals surface area contributed by atoms with Gasteiger partial charge in [0, 0.05) is 10.9 Å². The molecule has 0 bridgehead atoms. The number of nitrogens with two attached hydrogens (primary N) is 2. The zero-order valence-corrected chi connectivity index (χ0v) is 13.3. The van der Waals surface area contributed by atoms with Gasteiger partial charge in [-0.25, -0.2) is 4.98 Å². The number of guanidine groups is 1. The molecular formula is C18H13F3N4O. The summed E-state index contributed by atoms with van der Waals surface area (Å²) in [6.45, 7) is 0. The van der Waals surface area contributed by atoms with Crippen molar-refractivity contribution >= 4 is 22.8 Å². The van der Waals surface area contributed by atoms with Crippen molar-refractivity contribution in [3.05, 3.63) is 65.7 Å². The molecule has 5 nitrogen and oxygen atoms in total. The minimum atomic E-state index is -4.43. The number of carbonyl (C=O) groups is 1. The van der Waals surface area contributed by atoms with Crippen LogP contribution in [0, 0.1) is 0 Å². The quantitative estimate of drug-likeness (QED) is 0.543. The maximum Gasteiger partial charge on any atom is 0.416 e. The van der Waals surface area contributed by atoms with Crippen LogP contribution in [0.5, 0.6) is 0 Å². The average molecular weight is 358 g/mol. The van der Waals surface area contributed by atoms with E-state index in [-0.39, 0.29) is 11.5 Å².